The van der Waals surface area contributed by atoms with Gasteiger partial charge in [0.05, 0.1) is 23.6 Å². The maximum Gasteiger partial charge on any atom is 0.241 e. The monoisotopic (exact) mass is 178 g/mol. The molecule has 2 N–H and O–H groups in total. The van der Waals surface area contributed by atoms with Crippen LogP contribution in [-0.2, 0) is 4.79 Å². The molecule has 0 aliphatic carbocycles. The third-order valence-electron chi connectivity index (χ3n) is 1.67. The average molecular weight is 178 g/mol. The molecule has 0 bridgehead atoms. The lowest BCUT2D eigenvalue weighted by molar-refractivity contribution is -0.117. The lowest BCUT2D eigenvalue weighted by Gasteiger charge is -2.03. The van der Waals surface area contributed by atoms with E-state index in [2.05, 4.69) is 15.5 Å². The molecule has 13 heavy (non-hydrogen) atoms. The van der Waals surface area contributed by atoms with Crippen molar-refractivity contribution in [3.63, 3.8) is 0 Å². The van der Waals surface area contributed by atoms with Crippen LogP contribution in [0.4, 0.5) is 5.69 Å². The third-order valence-corrected chi connectivity index (χ3v) is 1.67. The van der Waals surface area contributed by atoms with Crippen molar-refractivity contribution in [1.29, 1.82) is 5.26 Å². The third kappa shape index (κ3) is 2.06. The van der Waals surface area contributed by atoms with Crippen LogP contribution in [0.25, 0.3) is 0 Å². The molecule has 1 heterocycles. The second kappa shape index (κ2) is 3.72. The first-order valence-corrected chi connectivity index (χ1v) is 3.85. The molecule has 1 unspecified atom stereocenters. The van der Waals surface area contributed by atoms with Crippen LogP contribution in [0.2, 0.25) is 0 Å². The fraction of sp³-hybridized carbons (Fsp3) is 0.375. The van der Waals surface area contributed by atoms with E-state index >= 15 is 0 Å². The van der Waals surface area contributed by atoms with Gasteiger partial charge in [-0.1, -0.05) is 0 Å². The van der Waals surface area contributed by atoms with Gasteiger partial charge in [-0.3, -0.25) is 9.89 Å². The summed E-state index contributed by atoms with van der Waals surface area (Å²) in [7, 11) is 0. The molecule has 0 aromatic carbocycles. The van der Waals surface area contributed by atoms with Gasteiger partial charge in [-0.15, -0.1) is 0 Å². The second-order valence-corrected chi connectivity index (χ2v) is 2.75. The van der Waals surface area contributed by atoms with Crippen LogP contribution in [0.3, 0.4) is 0 Å². The number of hydrogen-bond acceptors (Lipinski definition) is 3. The highest BCUT2D eigenvalue weighted by molar-refractivity contribution is 5.94. The number of amides is 1. The fourth-order valence-electron chi connectivity index (χ4n) is 0.776. The molecule has 1 atom stereocenters. The normalized spacial score (nSPS) is 11.8. The lowest BCUT2D eigenvalue weighted by Crippen LogP contribution is -2.19. The Labute approximate surface area is 75.8 Å². The number of carbonyl (C=O) groups is 1. The number of nitriles is 1. The van der Waals surface area contributed by atoms with Gasteiger partial charge < -0.3 is 5.32 Å². The summed E-state index contributed by atoms with van der Waals surface area (Å²) in [5.74, 6) is -0.957. The van der Waals surface area contributed by atoms with E-state index in [1.807, 2.05) is 6.07 Å². The van der Waals surface area contributed by atoms with Gasteiger partial charge in [0.1, 0.15) is 5.92 Å². The Bertz CT molecular complexity index is 349. The van der Waals surface area contributed by atoms with Crippen LogP contribution >= 0.6 is 0 Å². The molecule has 1 amide bonds. The fourth-order valence-corrected chi connectivity index (χ4v) is 0.776. The smallest absolute Gasteiger partial charge is 0.241 e. The van der Waals surface area contributed by atoms with Crippen molar-refractivity contribution in [2.45, 2.75) is 13.8 Å². The number of aromatic nitrogens is 2. The molecule has 5 nitrogen and oxygen atoms in total. The van der Waals surface area contributed by atoms with E-state index in [4.69, 9.17) is 5.26 Å². The quantitative estimate of drug-likeness (QED) is 0.703. The van der Waals surface area contributed by atoms with Crippen LogP contribution in [0.15, 0.2) is 6.20 Å². The molecule has 5 heteroatoms. The Balaban J connectivity index is 2.66. The Morgan fingerprint density at radius 2 is 2.54 bits per heavy atom. The van der Waals surface area contributed by atoms with Crippen LogP contribution in [0.5, 0.6) is 0 Å². The van der Waals surface area contributed by atoms with Crippen LogP contribution in [0.1, 0.15) is 12.6 Å². The minimum atomic E-state index is -0.644. The van der Waals surface area contributed by atoms with Gasteiger partial charge in [-0.2, -0.15) is 10.4 Å². The van der Waals surface area contributed by atoms with Gasteiger partial charge >= 0.3 is 0 Å². The summed E-state index contributed by atoms with van der Waals surface area (Å²) in [4.78, 5) is 11.2. The van der Waals surface area contributed by atoms with Crippen molar-refractivity contribution in [1.82, 2.24) is 10.2 Å². The first kappa shape index (κ1) is 9.26. The van der Waals surface area contributed by atoms with E-state index in [1.54, 1.807) is 13.8 Å². The standard InChI is InChI=1S/C8H10N4O/c1-5(3-9)8(13)11-7-4-10-12-6(7)2/h4-5H,1-2H3,(H,10,12)(H,11,13). The van der Waals surface area contributed by atoms with Crippen molar-refractivity contribution >= 4 is 11.6 Å². The maximum absolute atomic E-state index is 11.2. The summed E-state index contributed by atoms with van der Waals surface area (Å²) in [6.45, 7) is 3.34. The van der Waals surface area contributed by atoms with Crippen molar-refractivity contribution in [3.8, 4) is 6.07 Å². The van der Waals surface area contributed by atoms with Crippen molar-refractivity contribution < 1.29 is 4.79 Å². The van der Waals surface area contributed by atoms with Gasteiger partial charge in [-0.05, 0) is 13.8 Å². The Hall–Kier alpha value is -1.83. The molecule has 0 saturated heterocycles. The first-order chi connectivity index (χ1) is 6.15. The van der Waals surface area contributed by atoms with E-state index in [0.717, 1.165) is 5.69 Å². The molecule has 68 valence electrons. The largest absolute Gasteiger partial charge is 0.322 e. The Morgan fingerprint density at radius 1 is 1.85 bits per heavy atom. The number of rotatable bonds is 2. The van der Waals surface area contributed by atoms with Gasteiger partial charge in [0.25, 0.3) is 0 Å². The highest BCUT2D eigenvalue weighted by Crippen LogP contribution is 2.10. The summed E-state index contributed by atoms with van der Waals surface area (Å²) >= 11 is 0. The van der Waals surface area contributed by atoms with Gasteiger partial charge in [0.15, 0.2) is 0 Å². The molecule has 0 aliphatic heterocycles. The van der Waals surface area contributed by atoms with Crippen LogP contribution in [-0.4, -0.2) is 16.1 Å². The summed E-state index contributed by atoms with van der Waals surface area (Å²) in [5, 5.41) is 17.5. The predicted octanol–water partition coefficient (Wildman–Crippen LogP) is 0.816. The van der Waals surface area contributed by atoms with E-state index in [-0.39, 0.29) is 5.91 Å². The molecular formula is C8H10N4O. The number of H-pyrrole nitrogens is 1. The summed E-state index contributed by atoms with van der Waals surface area (Å²) in [6, 6.07) is 1.85. The van der Waals surface area contributed by atoms with E-state index in [0.29, 0.717) is 5.69 Å². The molecule has 1 aromatic rings. The van der Waals surface area contributed by atoms with E-state index in [9.17, 15) is 4.79 Å². The van der Waals surface area contributed by atoms with Gasteiger partial charge in [-0.25, -0.2) is 0 Å². The summed E-state index contributed by atoms with van der Waals surface area (Å²) in [6.07, 6.45) is 1.51. The molecule has 0 spiro atoms. The zero-order chi connectivity index (χ0) is 9.84. The number of aromatic amines is 1. The highest BCUT2D eigenvalue weighted by Gasteiger charge is 2.12. The molecule has 0 saturated carbocycles. The van der Waals surface area contributed by atoms with Crippen LogP contribution in [0, 0.1) is 24.2 Å². The van der Waals surface area contributed by atoms with Gasteiger partial charge in [0, 0.05) is 0 Å². The number of anilines is 1. The van der Waals surface area contributed by atoms with E-state index in [1.165, 1.54) is 6.20 Å². The number of nitrogens with one attached hydrogen (secondary N) is 2. The summed E-state index contributed by atoms with van der Waals surface area (Å²) < 4.78 is 0. The number of nitrogens with zero attached hydrogens (tertiary/aromatic N) is 2. The van der Waals surface area contributed by atoms with Crippen molar-refractivity contribution in [2.24, 2.45) is 5.92 Å². The predicted molar refractivity (Wildman–Crippen MR) is 46.7 cm³/mol. The summed E-state index contributed by atoms with van der Waals surface area (Å²) in [5.41, 5.74) is 1.39. The number of aryl methyl sites for hydroxylation is 1. The van der Waals surface area contributed by atoms with E-state index < -0.39 is 5.92 Å². The van der Waals surface area contributed by atoms with Crippen molar-refractivity contribution in [3.05, 3.63) is 11.9 Å². The van der Waals surface area contributed by atoms with Crippen LogP contribution < -0.4 is 5.32 Å². The highest BCUT2D eigenvalue weighted by atomic mass is 16.1. The number of carbonyl (C=O) groups excluding carboxylic acids is 1. The minimum Gasteiger partial charge on any atom is -0.322 e. The minimum absolute atomic E-state index is 0.313. The Kier molecular flexibility index (Phi) is 2.65. The van der Waals surface area contributed by atoms with Crippen molar-refractivity contribution in [2.75, 3.05) is 5.32 Å². The molecule has 0 radical (unpaired) electrons. The zero-order valence-electron chi connectivity index (χ0n) is 7.46. The maximum atomic E-state index is 11.2. The second-order valence-electron chi connectivity index (χ2n) is 2.75. The lowest BCUT2D eigenvalue weighted by atomic mass is 10.2. The van der Waals surface area contributed by atoms with Gasteiger partial charge in [0.2, 0.25) is 5.91 Å². The SMILES string of the molecule is Cc1[nH]ncc1NC(=O)C(C)C#N. The zero-order valence-corrected chi connectivity index (χ0v) is 7.46. The topological polar surface area (TPSA) is 81.6 Å². The number of hydrogen-bond donors (Lipinski definition) is 2. The molecule has 1 rings (SSSR count). The molecule has 0 aliphatic rings. The molecule has 1 aromatic heterocycles. The average Bonchev–Trinajstić information content (AvgIpc) is 2.50. The Morgan fingerprint density at radius 3 is 3.00 bits per heavy atom. The first-order valence-electron chi connectivity index (χ1n) is 3.85. The molecule has 0 fully saturated rings. The molecular weight excluding hydrogens is 168 g/mol.